The predicted molar refractivity (Wildman–Crippen MR) is 124 cm³/mol. The lowest BCUT2D eigenvalue weighted by Crippen LogP contribution is -2.31. The summed E-state index contributed by atoms with van der Waals surface area (Å²) in [6.45, 7) is 3.04. The van der Waals surface area contributed by atoms with Crippen LogP contribution in [0.25, 0.3) is 11.0 Å². The van der Waals surface area contributed by atoms with E-state index in [1.165, 1.54) is 11.8 Å². The summed E-state index contributed by atoms with van der Waals surface area (Å²) in [6, 6.07) is 10.7. The molecular formula is C23H26N4O4S. The Balaban J connectivity index is 1.62. The van der Waals surface area contributed by atoms with Gasteiger partial charge in [0.15, 0.2) is 10.8 Å². The highest BCUT2D eigenvalue weighted by atomic mass is 32.2. The van der Waals surface area contributed by atoms with Crippen LogP contribution in [0.4, 0.5) is 5.69 Å². The Morgan fingerprint density at radius 2 is 2.25 bits per heavy atom. The summed E-state index contributed by atoms with van der Waals surface area (Å²) in [5.41, 5.74) is 0.870. The van der Waals surface area contributed by atoms with Gasteiger partial charge in [-0.3, -0.25) is 14.2 Å². The minimum atomic E-state index is -0.440. The van der Waals surface area contributed by atoms with Gasteiger partial charge < -0.3 is 14.8 Å². The molecule has 1 amide bonds. The number of hydrogen-bond acceptors (Lipinski definition) is 7. The van der Waals surface area contributed by atoms with Crippen LogP contribution in [-0.4, -0.2) is 45.5 Å². The summed E-state index contributed by atoms with van der Waals surface area (Å²) in [6.07, 6.45) is 4.02. The first-order chi connectivity index (χ1) is 15.6. The first kappa shape index (κ1) is 22.3. The van der Waals surface area contributed by atoms with E-state index in [1.54, 1.807) is 36.1 Å². The summed E-state index contributed by atoms with van der Waals surface area (Å²) in [7, 11) is 1.58. The molecule has 9 heteroatoms. The van der Waals surface area contributed by atoms with Crippen molar-refractivity contribution in [2.75, 3.05) is 19.0 Å². The second-order valence-electron chi connectivity index (χ2n) is 7.56. The van der Waals surface area contributed by atoms with Crippen LogP contribution in [0.15, 0.2) is 52.5 Å². The number of thioether (sulfide) groups is 1. The van der Waals surface area contributed by atoms with Crippen LogP contribution in [0, 0.1) is 0 Å². The normalized spacial score (nSPS) is 16.8. The maximum Gasteiger partial charge on any atom is 0.263 e. The Hall–Kier alpha value is -2.91. The van der Waals surface area contributed by atoms with E-state index in [0.29, 0.717) is 47.2 Å². The van der Waals surface area contributed by atoms with Crippen LogP contribution in [-0.2, 0) is 16.1 Å². The number of carbonyl (C=O) groups is 1. The van der Waals surface area contributed by atoms with Crippen molar-refractivity contribution in [2.45, 2.75) is 49.2 Å². The van der Waals surface area contributed by atoms with Crippen LogP contribution in [0.2, 0.25) is 0 Å². The average molecular weight is 455 g/mol. The molecule has 168 valence electrons. The van der Waals surface area contributed by atoms with Crippen LogP contribution in [0.3, 0.4) is 0 Å². The third kappa shape index (κ3) is 4.94. The molecule has 0 spiro atoms. The van der Waals surface area contributed by atoms with Gasteiger partial charge in [0.2, 0.25) is 5.91 Å². The van der Waals surface area contributed by atoms with Crippen LogP contribution in [0.5, 0.6) is 5.75 Å². The zero-order chi connectivity index (χ0) is 22.5. The van der Waals surface area contributed by atoms with E-state index in [1.807, 2.05) is 25.1 Å². The van der Waals surface area contributed by atoms with Gasteiger partial charge in [0.25, 0.3) is 5.56 Å². The number of methoxy groups -OCH3 is 1. The van der Waals surface area contributed by atoms with Crippen molar-refractivity contribution in [3.8, 4) is 5.75 Å². The third-order valence-corrected chi connectivity index (χ3v) is 6.71. The molecule has 0 bridgehead atoms. The van der Waals surface area contributed by atoms with Crippen molar-refractivity contribution in [3.05, 3.63) is 52.9 Å². The lowest BCUT2D eigenvalue weighted by Gasteiger charge is -2.19. The molecule has 32 heavy (non-hydrogen) atoms. The molecule has 0 unspecified atom stereocenters. The van der Waals surface area contributed by atoms with Gasteiger partial charge in [-0.2, -0.15) is 0 Å². The van der Waals surface area contributed by atoms with Crippen molar-refractivity contribution in [1.82, 2.24) is 14.5 Å². The topological polar surface area (TPSA) is 95.3 Å². The highest BCUT2D eigenvalue weighted by Crippen LogP contribution is 2.27. The number of aromatic nitrogens is 3. The minimum absolute atomic E-state index is 0.0336. The van der Waals surface area contributed by atoms with Crippen molar-refractivity contribution < 1.29 is 14.3 Å². The Morgan fingerprint density at radius 3 is 3.00 bits per heavy atom. The second kappa shape index (κ2) is 10.1. The molecule has 1 saturated heterocycles. The van der Waals surface area contributed by atoms with Gasteiger partial charge in [-0.1, -0.05) is 24.8 Å². The summed E-state index contributed by atoms with van der Waals surface area (Å²) in [5.74, 6) is 0.501. The standard InChI is InChI=1S/C23H26N4O4S/c1-3-19(21(28)25-15-7-4-8-16(13-15)30-2)32-23-26-20-18(10-5-11-24-20)22(29)27(23)14-17-9-6-12-31-17/h4-5,7-8,10-11,13,17,19H,3,6,9,12,14H2,1-2H3,(H,25,28)/t17-,19-/m1/s1. The minimum Gasteiger partial charge on any atom is -0.497 e. The Labute approximate surface area is 190 Å². The molecule has 1 fully saturated rings. The molecular weight excluding hydrogens is 428 g/mol. The van der Waals surface area contributed by atoms with Crippen LogP contribution in [0.1, 0.15) is 26.2 Å². The fourth-order valence-electron chi connectivity index (χ4n) is 3.65. The van der Waals surface area contributed by atoms with Crippen molar-refractivity contribution in [2.24, 2.45) is 0 Å². The predicted octanol–water partition coefficient (Wildman–Crippen LogP) is 3.49. The number of nitrogens with zero attached hydrogens (tertiary/aromatic N) is 3. The quantitative estimate of drug-likeness (QED) is 0.411. The zero-order valence-corrected chi connectivity index (χ0v) is 18.9. The Kier molecular flexibility index (Phi) is 7.06. The average Bonchev–Trinajstić information content (AvgIpc) is 3.33. The summed E-state index contributed by atoms with van der Waals surface area (Å²) in [4.78, 5) is 35.2. The lowest BCUT2D eigenvalue weighted by atomic mass is 10.2. The molecule has 3 aromatic rings. The van der Waals surface area contributed by atoms with E-state index in [9.17, 15) is 9.59 Å². The van der Waals surface area contributed by atoms with Crippen LogP contribution < -0.4 is 15.6 Å². The number of anilines is 1. The monoisotopic (exact) mass is 454 g/mol. The summed E-state index contributed by atoms with van der Waals surface area (Å²) < 4.78 is 12.6. The van der Waals surface area contributed by atoms with E-state index >= 15 is 0 Å². The maximum atomic E-state index is 13.2. The van der Waals surface area contributed by atoms with Gasteiger partial charge >= 0.3 is 0 Å². The van der Waals surface area contributed by atoms with E-state index in [0.717, 1.165) is 12.8 Å². The lowest BCUT2D eigenvalue weighted by molar-refractivity contribution is -0.115. The molecule has 4 rings (SSSR count). The summed E-state index contributed by atoms with van der Waals surface area (Å²) >= 11 is 1.28. The van der Waals surface area contributed by atoms with Gasteiger partial charge in [0.05, 0.1) is 30.4 Å². The molecule has 1 aromatic carbocycles. The summed E-state index contributed by atoms with van der Waals surface area (Å²) in [5, 5.41) is 3.44. The van der Waals surface area contributed by atoms with Gasteiger partial charge in [-0.25, -0.2) is 9.97 Å². The molecule has 2 aromatic heterocycles. The highest BCUT2D eigenvalue weighted by Gasteiger charge is 2.25. The maximum absolute atomic E-state index is 13.2. The van der Waals surface area contributed by atoms with Gasteiger partial charge in [0.1, 0.15) is 5.75 Å². The number of benzene rings is 1. The number of ether oxygens (including phenoxy) is 2. The molecule has 0 radical (unpaired) electrons. The van der Waals surface area contributed by atoms with E-state index in [-0.39, 0.29) is 17.6 Å². The Bertz CT molecular complexity index is 1160. The van der Waals surface area contributed by atoms with Gasteiger partial charge in [-0.15, -0.1) is 0 Å². The first-order valence-electron chi connectivity index (χ1n) is 10.7. The van der Waals surface area contributed by atoms with Gasteiger partial charge in [0, 0.05) is 24.6 Å². The smallest absolute Gasteiger partial charge is 0.263 e. The van der Waals surface area contributed by atoms with Crippen molar-refractivity contribution >= 4 is 34.4 Å². The molecule has 2 atom stereocenters. The third-order valence-electron chi connectivity index (χ3n) is 5.35. The number of rotatable bonds is 8. The van der Waals surface area contributed by atoms with E-state index in [4.69, 9.17) is 9.47 Å². The highest BCUT2D eigenvalue weighted by molar-refractivity contribution is 8.00. The molecule has 0 saturated carbocycles. The molecule has 1 aliphatic heterocycles. The molecule has 8 nitrogen and oxygen atoms in total. The van der Waals surface area contributed by atoms with E-state index in [2.05, 4.69) is 15.3 Å². The second-order valence-corrected chi connectivity index (χ2v) is 8.73. The number of nitrogens with one attached hydrogen (secondary N) is 1. The molecule has 1 aliphatic rings. The van der Waals surface area contributed by atoms with Crippen molar-refractivity contribution in [3.63, 3.8) is 0 Å². The fraction of sp³-hybridized carbons (Fsp3) is 0.391. The van der Waals surface area contributed by atoms with Gasteiger partial charge in [-0.05, 0) is 43.5 Å². The number of amides is 1. The Morgan fingerprint density at radius 1 is 1.38 bits per heavy atom. The first-order valence-corrected chi connectivity index (χ1v) is 11.6. The number of pyridine rings is 1. The van der Waals surface area contributed by atoms with Crippen LogP contribution >= 0.6 is 11.8 Å². The fourth-order valence-corrected chi connectivity index (χ4v) is 4.66. The number of carbonyl (C=O) groups excluding carboxylic acids is 1. The molecule has 1 N–H and O–H groups in total. The number of fused-ring (bicyclic) bond motifs is 1. The molecule has 3 heterocycles. The zero-order valence-electron chi connectivity index (χ0n) is 18.1. The SMILES string of the molecule is CC[C@@H](Sc1nc2ncccc2c(=O)n1C[C@H]1CCCO1)C(=O)Nc1cccc(OC)c1. The molecule has 0 aliphatic carbocycles. The largest absolute Gasteiger partial charge is 0.497 e. The number of hydrogen-bond donors (Lipinski definition) is 1. The van der Waals surface area contributed by atoms with Crippen molar-refractivity contribution in [1.29, 1.82) is 0 Å². The van der Waals surface area contributed by atoms with E-state index < -0.39 is 5.25 Å².